The molecule has 2 aromatic carbocycles. The number of carbonyl (C=O) groups is 2. The highest BCUT2D eigenvalue weighted by Crippen LogP contribution is 2.27. The molecule has 2 aromatic rings. The monoisotopic (exact) mass is 459 g/mol. The maximum absolute atomic E-state index is 13.5. The number of amides is 2. The summed E-state index contributed by atoms with van der Waals surface area (Å²) in [7, 11) is -3.96. The van der Waals surface area contributed by atoms with Gasteiger partial charge in [0, 0.05) is 26.2 Å². The van der Waals surface area contributed by atoms with Crippen LogP contribution in [0.1, 0.15) is 18.1 Å². The molecule has 0 saturated carbocycles. The molecule has 2 amide bonds. The third-order valence-corrected chi connectivity index (χ3v) is 7.20. The Morgan fingerprint density at radius 3 is 2.12 bits per heavy atom. The highest BCUT2D eigenvalue weighted by molar-refractivity contribution is 7.92. The van der Waals surface area contributed by atoms with Crippen molar-refractivity contribution in [3.63, 3.8) is 0 Å². The van der Waals surface area contributed by atoms with Crippen LogP contribution in [-0.2, 0) is 19.6 Å². The number of piperazine rings is 1. The van der Waals surface area contributed by atoms with E-state index in [1.54, 1.807) is 53.1 Å². The minimum atomic E-state index is -3.96. The first-order valence-electron chi connectivity index (χ1n) is 10.6. The van der Waals surface area contributed by atoms with Crippen LogP contribution < -0.4 is 4.31 Å². The molecule has 1 heterocycles. The van der Waals surface area contributed by atoms with E-state index in [1.165, 1.54) is 4.31 Å². The topological polar surface area (TPSA) is 87.2 Å². The number of hydrogen-bond acceptors (Lipinski definition) is 5. The lowest BCUT2D eigenvalue weighted by atomic mass is 10.2. The number of benzene rings is 2. The lowest BCUT2D eigenvalue weighted by Gasteiger charge is -2.35. The lowest BCUT2D eigenvalue weighted by Crippen LogP contribution is -2.53. The van der Waals surface area contributed by atoms with Gasteiger partial charge >= 0.3 is 6.09 Å². The fourth-order valence-corrected chi connectivity index (χ4v) is 5.04. The van der Waals surface area contributed by atoms with Crippen molar-refractivity contribution in [3.8, 4) is 0 Å². The summed E-state index contributed by atoms with van der Waals surface area (Å²) in [6.45, 7) is 6.75. The second-order valence-corrected chi connectivity index (χ2v) is 9.54. The summed E-state index contributed by atoms with van der Waals surface area (Å²) in [5.74, 6) is -0.313. The molecule has 0 bridgehead atoms. The van der Waals surface area contributed by atoms with Gasteiger partial charge in [0.05, 0.1) is 17.2 Å². The van der Waals surface area contributed by atoms with Gasteiger partial charge in [0.1, 0.15) is 6.54 Å². The largest absolute Gasteiger partial charge is 0.450 e. The molecule has 172 valence electrons. The maximum atomic E-state index is 13.5. The molecule has 32 heavy (non-hydrogen) atoms. The standard InChI is InChI=1S/C23H29N3O5S/c1-4-31-23(28)25-15-13-24(14-16-25)22(27)17-26(21-8-6-5-7-19(21)3)32(29,30)20-11-9-18(2)10-12-20/h5-12H,4,13-17H2,1-3H3. The van der Waals surface area contributed by atoms with E-state index in [1.807, 2.05) is 26.0 Å². The van der Waals surface area contributed by atoms with E-state index in [9.17, 15) is 18.0 Å². The Bertz CT molecular complexity index is 1060. The number of anilines is 1. The van der Waals surface area contributed by atoms with Crippen molar-refractivity contribution in [3.05, 3.63) is 59.7 Å². The molecule has 0 N–H and O–H groups in total. The zero-order valence-corrected chi connectivity index (χ0v) is 19.5. The predicted molar refractivity (Wildman–Crippen MR) is 122 cm³/mol. The summed E-state index contributed by atoms with van der Waals surface area (Å²) >= 11 is 0. The molecule has 1 fully saturated rings. The average molecular weight is 460 g/mol. The molecule has 0 aliphatic carbocycles. The summed E-state index contributed by atoms with van der Waals surface area (Å²) in [6, 6.07) is 13.7. The third kappa shape index (κ3) is 5.21. The molecule has 0 atom stereocenters. The van der Waals surface area contributed by atoms with Gasteiger partial charge in [0.25, 0.3) is 10.0 Å². The zero-order valence-electron chi connectivity index (χ0n) is 18.7. The van der Waals surface area contributed by atoms with Crippen molar-refractivity contribution in [2.45, 2.75) is 25.7 Å². The Morgan fingerprint density at radius 1 is 0.938 bits per heavy atom. The van der Waals surface area contributed by atoms with Crippen LogP contribution in [-0.4, -0.2) is 69.5 Å². The van der Waals surface area contributed by atoms with Gasteiger partial charge < -0.3 is 14.5 Å². The Morgan fingerprint density at radius 2 is 1.53 bits per heavy atom. The highest BCUT2D eigenvalue weighted by Gasteiger charge is 2.31. The van der Waals surface area contributed by atoms with Crippen LogP contribution in [0.5, 0.6) is 0 Å². The van der Waals surface area contributed by atoms with Gasteiger partial charge in [-0.15, -0.1) is 0 Å². The molecule has 1 saturated heterocycles. The molecule has 9 heteroatoms. The number of ether oxygens (including phenoxy) is 1. The van der Waals surface area contributed by atoms with Gasteiger partial charge in [0.2, 0.25) is 5.91 Å². The first kappa shape index (κ1) is 23.6. The summed E-state index contributed by atoms with van der Waals surface area (Å²) in [4.78, 5) is 28.3. The normalized spacial score (nSPS) is 14.2. The number of rotatable bonds is 6. The lowest BCUT2D eigenvalue weighted by molar-refractivity contribution is -0.131. The van der Waals surface area contributed by atoms with Gasteiger partial charge in [-0.2, -0.15) is 0 Å². The fraction of sp³-hybridized carbons (Fsp3) is 0.391. The number of nitrogens with zero attached hydrogens (tertiary/aromatic N) is 3. The van der Waals surface area contributed by atoms with Crippen molar-refractivity contribution in [1.82, 2.24) is 9.80 Å². The molecule has 1 aliphatic heterocycles. The van der Waals surface area contributed by atoms with Crippen LogP contribution >= 0.6 is 0 Å². The van der Waals surface area contributed by atoms with E-state index >= 15 is 0 Å². The molecule has 0 unspecified atom stereocenters. The van der Waals surface area contributed by atoms with Crippen LogP contribution in [0.15, 0.2) is 53.4 Å². The fourth-order valence-electron chi connectivity index (χ4n) is 3.56. The molecular weight excluding hydrogens is 430 g/mol. The Balaban J connectivity index is 1.83. The zero-order chi connectivity index (χ0) is 23.3. The minimum Gasteiger partial charge on any atom is -0.450 e. The van der Waals surface area contributed by atoms with Gasteiger partial charge in [-0.1, -0.05) is 35.9 Å². The van der Waals surface area contributed by atoms with Gasteiger partial charge in [0.15, 0.2) is 0 Å². The second-order valence-electron chi connectivity index (χ2n) is 7.68. The van der Waals surface area contributed by atoms with E-state index in [0.717, 1.165) is 11.1 Å². The van der Waals surface area contributed by atoms with Crippen molar-refractivity contribution in [2.75, 3.05) is 43.6 Å². The average Bonchev–Trinajstić information content (AvgIpc) is 2.78. The summed E-state index contributed by atoms with van der Waals surface area (Å²) in [6.07, 6.45) is -0.400. The van der Waals surface area contributed by atoms with E-state index in [4.69, 9.17) is 4.74 Å². The molecular formula is C23H29N3O5S. The Kier molecular flexibility index (Phi) is 7.40. The van der Waals surface area contributed by atoms with Crippen molar-refractivity contribution in [2.24, 2.45) is 0 Å². The third-order valence-electron chi connectivity index (χ3n) is 5.43. The van der Waals surface area contributed by atoms with Crippen molar-refractivity contribution >= 4 is 27.7 Å². The Labute approximate surface area is 189 Å². The first-order valence-corrected chi connectivity index (χ1v) is 12.0. The van der Waals surface area contributed by atoms with E-state index in [2.05, 4.69) is 0 Å². The van der Waals surface area contributed by atoms with Crippen LogP contribution in [0.25, 0.3) is 0 Å². The van der Waals surface area contributed by atoms with Crippen molar-refractivity contribution < 1.29 is 22.7 Å². The van der Waals surface area contributed by atoms with Crippen LogP contribution in [0.3, 0.4) is 0 Å². The maximum Gasteiger partial charge on any atom is 0.409 e. The minimum absolute atomic E-state index is 0.131. The second kappa shape index (κ2) is 10.0. The van der Waals surface area contributed by atoms with E-state index in [0.29, 0.717) is 38.5 Å². The van der Waals surface area contributed by atoms with Crippen molar-refractivity contribution in [1.29, 1.82) is 0 Å². The smallest absolute Gasteiger partial charge is 0.409 e. The Hall–Kier alpha value is -3.07. The van der Waals surface area contributed by atoms with E-state index < -0.39 is 16.1 Å². The SMILES string of the molecule is CCOC(=O)N1CCN(C(=O)CN(c2ccccc2C)S(=O)(=O)c2ccc(C)cc2)CC1. The van der Waals surface area contributed by atoms with Gasteiger partial charge in [-0.3, -0.25) is 9.10 Å². The highest BCUT2D eigenvalue weighted by atomic mass is 32.2. The number of sulfonamides is 1. The summed E-state index contributed by atoms with van der Waals surface area (Å²) in [5.41, 5.74) is 2.16. The molecule has 3 rings (SSSR count). The number of hydrogen-bond donors (Lipinski definition) is 0. The quantitative estimate of drug-likeness (QED) is 0.663. The molecule has 1 aliphatic rings. The van der Waals surface area contributed by atoms with Crippen LogP contribution in [0.2, 0.25) is 0 Å². The molecule has 0 radical (unpaired) electrons. The number of aryl methyl sites for hydroxylation is 2. The van der Waals surface area contributed by atoms with E-state index in [-0.39, 0.29) is 17.3 Å². The van der Waals surface area contributed by atoms with Gasteiger partial charge in [-0.05, 0) is 44.5 Å². The van der Waals surface area contributed by atoms with Crippen LogP contribution in [0.4, 0.5) is 10.5 Å². The summed E-state index contributed by atoms with van der Waals surface area (Å²) < 4.78 is 33.2. The first-order chi connectivity index (χ1) is 15.2. The van der Waals surface area contributed by atoms with Gasteiger partial charge in [-0.25, -0.2) is 13.2 Å². The number of carbonyl (C=O) groups excluding carboxylic acids is 2. The predicted octanol–water partition coefficient (Wildman–Crippen LogP) is 2.80. The molecule has 8 nitrogen and oxygen atoms in total. The summed E-state index contributed by atoms with van der Waals surface area (Å²) in [5, 5.41) is 0. The number of para-hydroxylation sites is 1. The van der Waals surface area contributed by atoms with Crippen LogP contribution in [0, 0.1) is 13.8 Å². The molecule has 0 aromatic heterocycles. The molecule has 0 spiro atoms.